The molecule has 1 aliphatic rings. The van der Waals surface area contributed by atoms with Crippen molar-refractivity contribution in [3.8, 4) is 17.2 Å². The Kier molecular flexibility index (Phi) is 18.1. The van der Waals surface area contributed by atoms with Gasteiger partial charge in [-0.25, -0.2) is 0 Å². The van der Waals surface area contributed by atoms with Gasteiger partial charge in [-0.05, 0) is 89.2 Å². The Morgan fingerprint density at radius 3 is 1.53 bits per heavy atom. The van der Waals surface area contributed by atoms with Crippen LogP contribution in [0.2, 0.25) is 0 Å². The maximum atomic E-state index is 13.7. The van der Waals surface area contributed by atoms with Gasteiger partial charge in [-0.1, -0.05) is 89.7 Å². The standard InChI is InChI=1S/C47H52N4O11P3S/c1-49(63(66)62-43-26-18-36(19-27-43)28-30-50(33-64(54,56-2)57-3)34-65(55,58-4)59-5)48-32-38-20-24-42(25-21-38)61-35-60-41-22-16-37(17-23-41)29-31-51-46(52)44(39-12-8-6-9-13-39)45(47(51)53)40-14-10-7-11-15-40/h6-27,32H,28-31,33-35H2,1-5H3/q+1/b48-32-. The maximum absolute atomic E-state index is 13.7. The fourth-order valence-electron chi connectivity index (χ4n) is 6.74. The van der Waals surface area contributed by atoms with Crippen LogP contribution in [0, 0.1) is 0 Å². The molecule has 0 bridgehead atoms. The van der Waals surface area contributed by atoms with Gasteiger partial charge in [-0.15, -0.1) is 5.10 Å². The smallest absolute Gasteiger partial charge is 0.458 e. The molecule has 0 saturated heterocycles. The molecular formula is C47H52N4O11P3S+. The van der Waals surface area contributed by atoms with Gasteiger partial charge >= 0.3 is 22.3 Å². The summed E-state index contributed by atoms with van der Waals surface area (Å²) in [5.74, 6) is 1.20. The summed E-state index contributed by atoms with van der Waals surface area (Å²) in [5, 5.41) is 4.47. The fraction of sp³-hybridized carbons (Fsp3) is 0.255. The summed E-state index contributed by atoms with van der Waals surface area (Å²) in [7, 11) is -1.45. The van der Waals surface area contributed by atoms with Crippen LogP contribution in [0.25, 0.3) is 11.1 Å². The summed E-state index contributed by atoms with van der Waals surface area (Å²) in [5.41, 5.74) is 5.00. The van der Waals surface area contributed by atoms with Gasteiger partial charge in [-0.3, -0.25) is 33.0 Å². The lowest BCUT2D eigenvalue weighted by Crippen LogP contribution is -2.33. The summed E-state index contributed by atoms with van der Waals surface area (Å²) in [4.78, 5) is 30.3. The lowest BCUT2D eigenvalue weighted by Gasteiger charge is -2.27. The normalized spacial score (nSPS) is 13.5. The average molecular weight is 974 g/mol. The van der Waals surface area contributed by atoms with Crippen LogP contribution in [0.5, 0.6) is 17.2 Å². The van der Waals surface area contributed by atoms with E-state index in [0.29, 0.717) is 58.9 Å². The van der Waals surface area contributed by atoms with Crippen molar-refractivity contribution >= 4 is 63.2 Å². The molecule has 1 aliphatic heterocycles. The van der Waals surface area contributed by atoms with Crippen LogP contribution < -0.4 is 14.0 Å². The van der Waals surface area contributed by atoms with Crippen molar-refractivity contribution in [1.82, 2.24) is 14.6 Å². The van der Waals surface area contributed by atoms with Crippen molar-refractivity contribution in [1.29, 1.82) is 0 Å². The van der Waals surface area contributed by atoms with Gasteiger partial charge in [0.1, 0.15) is 24.1 Å². The van der Waals surface area contributed by atoms with Crippen molar-refractivity contribution in [2.24, 2.45) is 5.10 Å². The molecule has 1 atom stereocenters. The minimum atomic E-state index is -3.44. The molecule has 6 rings (SSSR count). The minimum absolute atomic E-state index is 0.0165. The molecule has 1 heterocycles. The van der Waals surface area contributed by atoms with E-state index in [1.807, 2.05) is 133 Å². The zero-order chi connectivity index (χ0) is 47.1. The van der Waals surface area contributed by atoms with Crippen LogP contribution in [0.4, 0.5) is 0 Å². The van der Waals surface area contributed by atoms with Crippen LogP contribution >= 0.6 is 22.3 Å². The predicted molar refractivity (Wildman–Crippen MR) is 259 cm³/mol. The van der Waals surface area contributed by atoms with Gasteiger partial charge < -0.3 is 27.6 Å². The summed E-state index contributed by atoms with van der Waals surface area (Å²) < 4.78 is 65.3. The summed E-state index contributed by atoms with van der Waals surface area (Å²) in [6.07, 6.45) is 2.50. The largest absolute Gasteiger partial charge is 0.540 e. The highest BCUT2D eigenvalue weighted by Crippen LogP contribution is 2.51. The molecule has 66 heavy (non-hydrogen) atoms. The fourth-order valence-corrected chi connectivity index (χ4v) is 10.1. The SMILES string of the molecule is COP(=O)(CN(CCc1ccc(O[P+](=S)N(C)/N=C\c2ccc(OCOc3ccc(CCN4C(=O)C(c5ccccc5)=C(c5ccccc5)C4=O)cc3)cc2)cc1)CP(=O)(OC)OC)OC. The van der Waals surface area contributed by atoms with Crippen molar-refractivity contribution in [2.75, 3.05) is 67.9 Å². The summed E-state index contributed by atoms with van der Waals surface area (Å²) in [6, 6.07) is 40.9. The van der Waals surface area contributed by atoms with Gasteiger partial charge in [0.25, 0.3) is 11.8 Å². The van der Waals surface area contributed by atoms with E-state index in [1.54, 1.807) is 22.9 Å². The maximum Gasteiger partial charge on any atom is 0.540 e. The van der Waals surface area contributed by atoms with Crippen LogP contribution in [0.15, 0.2) is 139 Å². The third-order valence-corrected chi connectivity index (χ3v) is 16.1. The van der Waals surface area contributed by atoms with Crippen molar-refractivity contribution in [3.63, 3.8) is 0 Å². The van der Waals surface area contributed by atoms with E-state index in [2.05, 4.69) is 5.10 Å². The Bertz CT molecular complexity index is 2480. The number of imide groups is 1. The third-order valence-electron chi connectivity index (χ3n) is 10.5. The van der Waals surface area contributed by atoms with E-state index >= 15 is 0 Å². The highest BCUT2D eigenvalue weighted by Gasteiger charge is 2.39. The second-order valence-corrected chi connectivity index (χ2v) is 21.3. The van der Waals surface area contributed by atoms with E-state index in [0.717, 1.165) is 16.7 Å². The molecule has 2 amide bonds. The number of rotatable bonds is 25. The third kappa shape index (κ3) is 13.6. The van der Waals surface area contributed by atoms with E-state index in [1.165, 1.54) is 33.3 Å². The number of nitrogens with zero attached hydrogens (tertiary/aromatic N) is 4. The second-order valence-electron chi connectivity index (χ2n) is 14.7. The number of hydrogen-bond acceptors (Lipinski definition) is 14. The Labute approximate surface area is 391 Å². The molecule has 0 radical (unpaired) electrons. The van der Waals surface area contributed by atoms with Gasteiger partial charge in [0.05, 0.1) is 24.4 Å². The molecule has 0 spiro atoms. The Balaban J connectivity index is 0.927. The number of carbonyl (C=O) groups excluding carboxylic acids is 2. The molecular weight excluding hydrogens is 922 g/mol. The molecule has 5 aromatic rings. The molecule has 5 aromatic carbocycles. The number of amides is 2. The molecule has 0 aromatic heterocycles. The van der Waals surface area contributed by atoms with Crippen LogP contribution in [0.3, 0.4) is 0 Å². The molecule has 0 N–H and O–H groups in total. The highest BCUT2D eigenvalue weighted by molar-refractivity contribution is 8.02. The first kappa shape index (κ1) is 50.1. The van der Waals surface area contributed by atoms with Gasteiger partial charge in [0, 0.05) is 41.5 Å². The topological polar surface area (TPSA) is 155 Å². The monoisotopic (exact) mass is 973 g/mol. The Morgan fingerprint density at radius 2 is 1.06 bits per heavy atom. The molecule has 0 fully saturated rings. The Hall–Kier alpha value is -5.37. The zero-order valence-electron chi connectivity index (χ0n) is 37.3. The van der Waals surface area contributed by atoms with E-state index < -0.39 is 22.3 Å². The zero-order valence-corrected chi connectivity index (χ0v) is 40.8. The first-order valence-corrected chi connectivity index (χ1v) is 26.4. The number of ether oxygens (including phenoxy) is 2. The molecule has 15 nitrogen and oxygen atoms in total. The summed E-state index contributed by atoms with van der Waals surface area (Å²) >= 11 is 5.61. The van der Waals surface area contributed by atoms with Gasteiger partial charge in [-0.2, -0.15) is 0 Å². The second kappa shape index (κ2) is 23.9. The first-order valence-electron chi connectivity index (χ1n) is 20.7. The lowest BCUT2D eigenvalue weighted by molar-refractivity contribution is -0.135. The molecule has 0 aliphatic carbocycles. The number of benzene rings is 5. The molecule has 0 saturated carbocycles. The Morgan fingerprint density at radius 1 is 0.621 bits per heavy atom. The van der Waals surface area contributed by atoms with E-state index in [-0.39, 0.29) is 37.7 Å². The first-order chi connectivity index (χ1) is 31.9. The highest BCUT2D eigenvalue weighted by atomic mass is 32.4. The van der Waals surface area contributed by atoms with Crippen LogP contribution in [-0.4, -0.2) is 101 Å². The average Bonchev–Trinajstić information content (AvgIpc) is 3.61. The van der Waals surface area contributed by atoms with Crippen molar-refractivity contribution in [2.45, 2.75) is 12.8 Å². The van der Waals surface area contributed by atoms with E-state index in [4.69, 9.17) is 43.9 Å². The minimum Gasteiger partial charge on any atom is -0.458 e. The van der Waals surface area contributed by atoms with Crippen LogP contribution in [0.1, 0.15) is 27.8 Å². The number of carbonyl (C=O) groups is 2. The van der Waals surface area contributed by atoms with Gasteiger partial charge in [0.15, 0.2) is 5.75 Å². The van der Waals surface area contributed by atoms with Crippen molar-refractivity contribution < 1.29 is 50.8 Å². The molecule has 346 valence electrons. The van der Waals surface area contributed by atoms with Crippen molar-refractivity contribution in [3.05, 3.63) is 161 Å². The molecule has 19 heteroatoms. The van der Waals surface area contributed by atoms with Crippen LogP contribution in [-0.2, 0) is 61.5 Å². The van der Waals surface area contributed by atoms with E-state index in [9.17, 15) is 18.7 Å². The summed E-state index contributed by atoms with van der Waals surface area (Å²) in [6.45, 7) is 0.597. The number of hydrogen-bond donors (Lipinski definition) is 0. The van der Waals surface area contributed by atoms with Gasteiger partial charge in [0.2, 0.25) is 18.6 Å². The number of hydrazone groups is 1. The molecule has 1 unspecified atom stereocenters. The quantitative estimate of drug-likeness (QED) is 0.0179. The lowest BCUT2D eigenvalue weighted by atomic mass is 9.96. The predicted octanol–water partition coefficient (Wildman–Crippen LogP) is 9.47.